The molecule has 2 aromatic rings. The van der Waals surface area contributed by atoms with Crippen molar-refractivity contribution in [2.24, 2.45) is 0 Å². The number of rotatable bonds is 5. The predicted molar refractivity (Wildman–Crippen MR) is 105 cm³/mol. The van der Waals surface area contributed by atoms with Crippen molar-refractivity contribution in [2.75, 3.05) is 38.2 Å². The first-order chi connectivity index (χ1) is 13.6. The number of benzene rings is 1. The summed E-state index contributed by atoms with van der Waals surface area (Å²) in [5.41, 5.74) is 1.69. The second-order valence-corrected chi connectivity index (χ2v) is 7.25. The Morgan fingerprint density at radius 3 is 2.57 bits per heavy atom. The van der Waals surface area contributed by atoms with Crippen molar-refractivity contribution in [3.8, 4) is 0 Å². The normalized spacial score (nSPS) is 18.4. The third kappa shape index (κ3) is 4.31. The number of ether oxygens (including phenoxy) is 2. The zero-order valence-corrected chi connectivity index (χ0v) is 16.2. The molecule has 0 radical (unpaired) electrons. The Bertz CT molecular complexity index is 812. The molecule has 1 spiro atoms. The van der Waals surface area contributed by atoms with E-state index < -0.39 is 5.79 Å². The average Bonchev–Trinajstić information content (AvgIpc) is 3.16. The fraction of sp³-hybridized carbons (Fsp3) is 0.476. The second kappa shape index (κ2) is 8.24. The summed E-state index contributed by atoms with van der Waals surface area (Å²) in [6.45, 7) is 5.05. The summed E-state index contributed by atoms with van der Waals surface area (Å²) >= 11 is 0. The van der Waals surface area contributed by atoms with Crippen LogP contribution >= 0.6 is 0 Å². The number of amides is 1. The van der Waals surface area contributed by atoms with E-state index in [0.717, 1.165) is 13.0 Å². The number of anilines is 1. The quantitative estimate of drug-likeness (QED) is 0.856. The highest BCUT2D eigenvalue weighted by atomic mass is 16.7. The lowest BCUT2D eigenvalue weighted by molar-refractivity contribution is -0.181. The summed E-state index contributed by atoms with van der Waals surface area (Å²) in [7, 11) is 0. The third-order valence-corrected chi connectivity index (χ3v) is 5.25. The molecular formula is C21H26N4O3. The Morgan fingerprint density at radius 2 is 1.86 bits per heavy atom. The van der Waals surface area contributed by atoms with Gasteiger partial charge in [-0.3, -0.25) is 4.79 Å². The van der Waals surface area contributed by atoms with Crippen LogP contribution in [0.2, 0.25) is 0 Å². The van der Waals surface area contributed by atoms with Crippen LogP contribution in [0.3, 0.4) is 0 Å². The Labute approximate surface area is 165 Å². The molecule has 3 heterocycles. The molecule has 1 aromatic carbocycles. The van der Waals surface area contributed by atoms with Gasteiger partial charge in [0.1, 0.15) is 17.3 Å². The highest BCUT2D eigenvalue weighted by molar-refractivity contribution is 5.93. The first-order valence-electron chi connectivity index (χ1n) is 9.84. The van der Waals surface area contributed by atoms with Gasteiger partial charge in [0, 0.05) is 38.5 Å². The fourth-order valence-corrected chi connectivity index (χ4v) is 3.75. The molecule has 7 heteroatoms. The maximum absolute atomic E-state index is 12.9. The lowest BCUT2D eigenvalue weighted by Gasteiger charge is -2.37. The summed E-state index contributed by atoms with van der Waals surface area (Å²) in [4.78, 5) is 23.5. The van der Waals surface area contributed by atoms with Crippen molar-refractivity contribution in [3.05, 3.63) is 53.5 Å². The SMILES string of the molecule is Cc1nc(NCCc2ccccc2)cc(C(=O)N2CCC3(CC2)OCCO3)n1. The molecule has 1 aromatic heterocycles. The Kier molecular flexibility index (Phi) is 5.54. The van der Waals surface area contributed by atoms with Crippen molar-refractivity contribution in [1.29, 1.82) is 0 Å². The van der Waals surface area contributed by atoms with Gasteiger partial charge in [-0.2, -0.15) is 0 Å². The minimum absolute atomic E-state index is 0.0653. The minimum atomic E-state index is -0.484. The molecule has 1 amide bonds. The van der Waals surface area contributed by atoms with Gasteiger partial charge in [-0.25, -0.2) is 9.97 Å². The van der Waals surface area contributed by atoms with Gasteiger partial charge in [0.25, 0.3) is 5.91 Å². The third-order valence-electron chi connectivity index (χ3n) is 5.25. The molecule has 0 bridgehead atoms. The van der Waals surface area contributed by atoms with Crippen molar-refractivity contribution in [2.45, 2.75) is 32.0 Å². The van der Waals surface area contributed by atoms with E-state index in [4.69, 9.17) is 9.47 Å². The molecule has 2 aliphatic heterocycles. The van der Waals surface area contributed by atoms with Crippen LogP contribution in [-0.2, 0) is 15.9 Å². The van der Waals surface area contributed by atoms with Crippen molar-refractivity contribution < 1.29 is 14.3 Å². The standard InChI is InChI=1S/C21H26N4O3/c1-16-23-18(15-19(24-16)22-10-7-17-5-3-2-4-6-17)20(26)25-11-8-21(9-12-25)27-13-14-28-21/h2-6,15H,7-14H2,1H3,(H,22,23,24). The van der Waals surface area contributed by atoms with Crippen LogP contribution < -0.4 is 5.32 Å². The Morgan fingerprint density at radius 1 is 1.14 bits per heavy atom. The van der Waals surface area contributed by atoms with Gasteiger partial charge in [0.2, 0.25) is 0 Å². The molecular weight excluding hydrogens is 356 g/mol. The van der Waals surface area contributed by atoms with Crippen molar-refractivity contribution >= 4 is 11.7 Å². The molecule has 4 rings (SSSR count). The highest BCUT2D eigenvalue weighted by Gasteiger charge is 2.41. The molecule has 2 aliphatic rings. The molecule has 28 heavy (non-hydrogen) atoms. The van der Waals surface area contributed by atoms with Gasteiger partial charge in [-0.15, -0.1) is 0 Å². The summed E-state index contributed by atoms with van der Waals surface area (Å²) in [6.07, 6.45) is 2.29. The number of hydrogen-bond donors (Lipinski definition) is 1. The van der Waals surface area contributed by atoms with E-state index in [2.05, 4.69) is 27.4 Å². The lowest BCUT2D eigenvalue weighted by Crippen LogP contribution is -2.47. The molecule has 0 atom stereocenters. The van der Waals surface area contributed by atoms with Gasteiger partial charge in [0.05, 0.1) is 13.2 Å². The molecule has 1 N–H and O–H groups in total. The largest absolute Gasteiger partial charge is 0.370 e. The first kappa shape index (κ1) is 18.8. The minimum Gasteiger partial charge on any atom is -0.370 e. The van der Waals surface area contributed by atoms with Gasteiger partial charge in [0.15, 0.2) is 5.79 Å². The van der Waals surface area contributed by atoms with Gasteiger partial charge in [-0.05, 0) is 18.9 Å². The van der Waals surface area contributed by atoms with Crippen LogP contribution in [0.15, 0.2) is 36.4 Å². The second-order valence-electron chi connectivity index (χ2n) is 7.25. The van der Waals surface area contributed by atoms with Crippen LogP contribution in [0.4, 0.5) is 5.82 Å². The Hall–Kier alpha value is -2.51. The van der Waals surface area contributed by atoms with E-state index in [1.165, 1.54) is 5.56 Å². The monoisotopic (exact) mass is 382 g/mol. The fourth-order valence-electron chi connectivity index (χ4n) is 3.75. The number of aromatic nitrogens is 2. The number of carbonyl (C=O) groups is 1. The first-order valence-corrected chi connectivity index (χ1v) is 9.84. The van der Waals surface area contributed by atoms with E-state index in [0.29, 0.717) is 56.5 Å². The summed E-state index contributed by atoms with van der Waals surface area (Å²) < 4.78 is 11.5. The maximum atomic E-state index is 12.9. The number of nitrogens with zero attached hydrogens (tertiary/aromatic N) is 3. The van der Waals surface area contributed by atoms with E-state index in [-0.39, 0.29) is 5.91 Å². The smallest absolute Gasteiger partial charge is 0.272 e. The number of nitrogens with one attached hydrogen (secondary N) is 1. The van der Waals surface area contributed by atoms with Crippen molar-refractivity contribution in [3.63, 3.8) is 0 Å². The van der Waals surface area contributed by atoms with E-state index in [1.54, 1.807) is 6.07 Å². The van der Waals surface area contributed by atoms with Crippen molar-refractivity contribution in [1.82, 2.24) is 14.9 Å². The number of carbonyl (C=O) groups excluding carboxylic acids is 1. The molecule has 2 saturated heterocycles. The average molecular weight is 382 g/mol. The van der Waals surface area contributed by atoms with Gasteiger partial charge in [-0.1, -0.05) is 30.3 Å². The summed E-state index contributed by atoms with van der Waals surface area (Å²) in [6, 6.07) is 12.0. The topological polar surface area (TPSA) is 76.6 Å². The van der Waals surface area contributed by atoms with E-state index in [1.807, 2.05) is 30.0 Å². The number of hydrogen-bond acceptors (Lipinski definition) is 6. The van der Waals surface area contributed by atoms with Crippen LogP contribution in [0.5, 0.6) is 0 Å². The van der Waals surface area contributed by atoms with Gasteiger partial charge < -0.3 is 19.7 Å². The van der Waals surface area contributed by atoms with Crippen LogP contribution in [0.25, 0.3) is 0 Å². The number of likely N-dealkylation sites (tertiary alicyclic amines) is 1. The maximum Gasteiger partial charge on any atom is 0.272 e. The van der Waals surface area contributed by atoms with Gasteiger partial charge >= 0.3 is 0 Å². The Balaban J connectivity index is 1.37. The summed E-state index contributed by atoms with van der Waals surface area (Å²) in [5.74, 6) is 0.721. The number of aryl methyl sites for hydroxylation is 1. The molecule has 0 saturated carbocycles. The highest BCUT2D eigenvalue weighted by Crippen LogP contribution is 2.31. The predicted octanol–water partition coefficient (Wildman–Crippen LogP) is 2.42. The van der Waals surface area contributed by atoms with E-state index >= 15 is 0 Å². The van der Waals surface area contributed by atoms with Crippen LogP contribution in [-0.4, -0.2) is 59.4 Å². The zero-order chi connectivity index (χ0) is 19.4. The molecule has 2 fully saturated rings. The van der Waals surface area contributed by atoms with E-state index in [9.17, 15) is 4.79 Å². The zero-order valence-electron chi connectivity index (χ0n) is 16.2. The summed E-state index contributed by atoms with van der Waals surface area (Å²) in [5, 5.41) is 3.31. The number of piperidine rings is 1. The molecule has 148 valence electrons. The van der Waals surface area contributed by atoms with Crippen LogP contribution in [0.1, 0.15) is 34.7 Å². The lowest BCUT2D eigenvalue weighted by atomic mass is 10.0. The molecule has 7 nitrogen and oxygen atoms in total. The molecule has 0 aliphatic carbocycles. The molecule has 0 unspecified atom stereocenters. The van der Waals surface area contributed by atoms with Crippen LogP contribution in [0, 0.1) is 6.92 Å².